The Hall–Kier alpha value is -1.06. The van der Waals surface area contributed by atoms with E-state index in [4.69, 9.17) is 4.74 Å². The molecule has 1 aliphatic carbocycles. The van der Waals surface area contributed by atoms with Crippen LogP contribution in [0.4, 0.5) is 0 Å². The molecule has 1 heterocycles. The van der Waals surface area contributed by atoms with Gasteiger partial charge in [0.25, 0.3) is 0 Å². The molecule has 1 saturated carbocycles. The topological polar surface area (TPSA) is 32.7 Å². The predicted octanol–water partition coefficient (Wildman–Crippen LogP) is 1.82. The van der Waals surface area contributed by atoms with Gasteiger partial charge in [0.15, 0.2) is 0 Å². The van der Waals surface area contributed by atoms with Crippen molar-refractivity contribution in [2.45, 2.75) is 25.0 Å². The van der Waals surface area contributed by atoms with Crippen LogP contribution >= 0.6 is 0 Å². The van der Waals surface area contributed by atoms with Crippen molar-refractivity contribution in [3.63, 3.8) is 0 Å². The molecule has 1 aromatic rings. The number of rotatable bonds is 3. The summed E-state index contributed by atoms with van der Waals surface area (Å²) in [5.74, 6) is 1.67. The number of likely N-dealkylation sites (N-methyl/N-ethyl adjacent to an activating group) is 1. The lowest BCUT2D eigenvalue weighted by Gasteiger charge is -2.36. The zero-order valence-corrected chi connectivity index (χ0v) is 10.2. The third-order valence-corrected chi connectivity index (χ3v) is 3.82. The Bertz CT molecular complexity index is 403. The van der Waals surface area contributed by atoms with Gasteiger partial charge in [-0.3, -0.25) is 4.90 Å². The van der Waals surface area contributed by atoms with Crippen molar-refractivity contribution in [3.8, 4) is 5.75 Å². The minimum atomic E-state index is -0.427. The number of aliphatic hydroxyl groups is 1. The van der Waals surface area contributed by atoms with E-state index in [0.29, 0.717) is 6.61 Å². The second-order valence-corrected chi connectivity index (χ2v) is 5.24. The van der Waals surface area contributed by atoms with Gasteiger partial charge >= 0.3 is 0 Å². The van der Waals surface area contributed by atoms with Crippen LogP contribution in [-0.2, 0) is 0 Å². The Labute approximate surface area is 102 Å². The molecular weight excluding hydrogens is 214 g/mol. The number of benzene rings is 1. The smallest absolute Gasteiger partial charge is 0.125 e. The van der Waals surface area contributed by atoms with E-state index in [0.717, 1.165) is 23.8 Å². The van der Waals surface area contributed by atoms with Gasteiger partial charge in [0, 0.05) is 12.1 Å². The number of para-hydroxylation sites is 1. The third-order valence-electron chi connectivity index (χ3n) is 3.82. The molecule has 3 rings (SSSR count). The van der Waals surface area contributed by atoms with Gasteiger partial charge in [0.2, 0.25) is 0 Å². The minimum Gasteiger partial charge on any atom is -0.491 e. The minimum absolute atomic E-state index is 0.0884. The molecule has 2 atom stereocenters. The highest BCUT2D eigenvalue weighted by Gasteiger charge is 2.34. The van der Waals surface area contributed by atoms with Crippen molar-refractivity contribution < 1.29 is 9.84 Å². The lowest BCUT2D eigenvalue weighted by atomic mass is 9.98. The second kappa shape index (κ2) is 4.31. The molecule has 3 heteroatoms. The number of aliphatic hydroxyl groups excluding tert-OH is 1. The van der Waals surface area contributed by atoms with Crippen LogP contribution < -0.4 is 4.74 Å². The second-order valence-electron chi connectivity index (χ2n) is 5.24. The van der Waals surface area contributed by atoms with Crippen LogP contribution in [0, 0.1) is 5.92 Å². The maximum Gasteiger partial charge on any atom is 0.125 e. The van der Waals surface area contributed by atoms with Gasteiger partial charge < -0.3 is 9.84 Å². The highest BCUT2D eigenvalue weighted by molar-refractivity contribution is 5.37. The molecule has 0 aromatic heterocycles. The summed E-state index contributed by atoms with van der Waals surface area (Å²) in [5.41, 5.74) is 0.923. The van der Waals surface area contributed by atoms with E-state index < -0.39 is 6.10 Å². The van der Waals surface area contributed by atoms with Crippen molar-refractivity contribution in [2.75, 3.05) is 20.2 Å². The summed E-state index contributed by atoms with van der Waals surface area (Å²) in [6.07, 6.45) is 2.25. The lowest BCUT2D eigenvalue weighted by Crippen LogP contribution is -2.44. The van der Waals surface area contributed by atoms with E-state index in [-0.39, 0.29) is 6.04 Å². The summed E-state index contributed by atoms with van der Waals surface area (Å²) in [6, 6.07) is 7.87. The highest BCUT2D eigenvalue weighted by atomic mass is 16.5. The number of hydrogen-bond donors (Lipinski definition) is 1. The maximum absolute atomic E-state index is 10.4. The molecule has 3 nitrogen and oxygen atoms in total. The fourth-order valence-corrected chi connectivity index (χ4v) is 2.54. The van der Waals surface area contributed by atoms with Crippen molar-refractivity contribution >= 4 is 0 Å². The molecule has 0 spiro atoms. The molecule has 2 unspecified atom stereocenters. The first-order valence-electron chi connectivity index (χ1n) is 6.35. The Morgan fingerprint density at radius 2 is 2.12 bits per heavy atom. The molecule has 0 amide bonds. The standard InChI is InChI=1S/C14H19NO2/c1-15(8-10-6-7-10)12-9-17-13-5-3-2-4-11(13)14(12)16/h2-5,10,12,14,16H,6-9H2,1H3. The van der Waals surface area contributed by atoms with E-state index in [1.165, 1.54) is 12.8 Å². The molecule has 17 heavy (non-hydrogen) atoms. The Morgan fingerprint density at radius 1 is 1.35 bits per heavy atom. The number of fused-ring (bicyclic) bond motifs is 1. The molecular formula is C14H19NO2. The third kappa shape index (κ3) is 2.17. The number of ether oxygens (including phenoxy) is 1. The first-order valence-corrected chi connectivity index (χ1v) is 6.35. The monoisotopic (exact) mass is 233 g/mol. The van der Waals surface area contributed by atoms with Gasteiger partial charge in [-0.25, -0.2) is 0 Å². The fourth-order valence-electron chi connectivity index (χ4n) is 2.54. The average molecular weight is 233 g/mol. The van der Waals surface area contributed by atoms with Gasteiger partial charge in [-0.05, 0) is 31.9 Å². The normalized spacial score (nSPS) is 27.7. The van der Waals surface area contributed by atoms with Crippen LogP contribution in [0.25, 0.3) is 0 Å². The van der Waals surface area contributed by atoms with E-state index in [1.807, 2.05) is 24.3 Å². The summed E-state index contributed by atoms with van der Waals surface area (Å²) in [5, 5.41) is 10.4. The first-order chi connectivity index (χ1) is 8.25. The number of nitrogens with zero attached hydrogens (tertiary/aromatic N) is 1. The van der Waals surface area contributed by atoms with Gasteiger partial charge in [0.1, 0.15) is 18.5 Å². The van der Waals surface area contributed by atoms with Crippen LogP contribution in [-0.4, -0.2) is 36.2 Å². The summed E-state index contributed by atoms with van der Waals surface area (Å²) in [7, 11) is 2.09. The van der Waals surface area contributed by atoms with Crippen molar-refractivity contribution in [2.24, 2.45) is 5.92 Å². The Balaban J connectivity index is 1.75. The SMILES string of the molecule is CN(CC1CC1)C1COc2ccccc2C1O. The molecule has 2 aliphatic rings. The van der Waals surface area contributed by atoms with Crippen LogP contribution in [0.5, 0.6) is 5.75 Å². The van der Waals surface area contributed by atoms with E-state index in [1.54, 1.807) is 0 Å². The van der Waals surface area contributed by atoms with E-state index >= 15 is 0 Å². The lowest BCUT2D eigenvalue weighted by molar-refractivity contribution is 0.0134. The molecule has 1 aliphatic heterocycles. The summed E-state index contributed by atoms with van der Waals surface area (Å²) in [4.78, 5) is 2.25. The molecule has 1 fully saturated rings. The van der Waals surface area contributed by atoms with Crippen LogP contribution in [0.2, 0.25) is 0 Å². The van der Waals surface area contributed by atoms with Gasteiger partial charge in [-0.2, -0.15) is 0 Å². The van der Waals surface area contributed by atoms with Crippen LogP contribution in [0.3, 0.4) is 0 Å². The molecule has 1 aromatic carbocycles. The zero-order chi connectivity index (χ0) is 11.8. The molecule has 1 N–H and O–H groups in total. The van der Waals surface area contributed by atoms with Crippen LogP contribution in [0.15, 0.2) is 24.3 Å². The highest BCUT2D eigenvalue weighted by Crippen LogP contribution is 2.36. The quantitative estimate of drug-likeness (QED) is 0.864. The fraction of sp³-hybridized carbons (Fsp3) is 0.571. The van der Waals surface area contributed by atoms with Gasteiger partial charge in [0.05, 0.1) is 6.04 Å². The molecule has 92 valence electrons. The van der Waals surface area contributed by atoms with Crippen molar-refractivity contribution in [1.82, 2.24) is 4.90 Å². The molecule has 0 radical (unpaired) electrons. The largest absolute Gasteiger partial charge is 0.491 e. The molecule has 0 saturated heterocycles. The summed E-state index contributed by atoms with van der Waals surface area (Å²) in [6.45, 7) is 1.66. The summed E-state index contributed by atoms with van der Waals surface area (Å²) < 4.78 is 5.73. The Morgan fingerprint density at radius 3 is 2.88 bits per heavy atom. The van der Waals surface area contributed by atoms with Crippen molar-refractivity contribution in [3.05, 3.63) is 29.8 Å². The van der Waals surface area contributed by atoms with E-state index in [9.17, 15) is 5.11 Å². The Kier molecular flexibility index (Phi) is 2.81. The summed E-state index contributed by atoms with van der Waals surface area (Å²) >= 11 is 0. The number of hydrogen-bond acceptors (Lipinski definition) is 3. The molecule has 0 bridgehead atoms. The van der Waals surface area contributed by atoms with Gasteiger partial charge in [-0.1, -0.05) is 18.2 Å². The van der Waals surface area contributed by atoms with Gasteiger partial charge in [-0.15, -0.1) is 0 Å². The van der Waals surface area contributed by atoms with E-state index in [2.05, 4.69) is 11.9 Å². The first kappa shape index (κ1) is 11.1. The maximum atomic E-state index is 10.4. The van der Waals surface area contributed by atoms with Crippen LogP contribution in [0.1, 0.15) is 24.5 Å². The van der Waals surface area contributed by atoms with Crippen molar-refractivity contribution in [1.29, 1.82) is 0 Å². The average Bonchev–Trinajstić information content (AvgIpc) is 3.13. The predicted molar refractivity (Wildman–Crippen MR) is 66.0 cm³/mol. The zero-order valence-electron chi connectivity index (χ0n) is 10.2.